The fourth-order valence-corrected chi connectivity index (χ4v) is 1.88. The second-order valence-electron chi connectivity index (χ2n) is 4.72. The van der Waals surface area contributed by atoms with Crippen molar-refractivity contribution in [1.82, 2.24) is 10.2 Å². The number of imide groups is 1. The fraction of sp³-hybridized carbons (Fsp3) is 0.467. The first-order valence-corrected chi connectivity index (χ1v) is 6.77. The third-order valence-electron chi connectivity index (χ3n) is 3.07. The molecule has 0 aliphatic rings. The molecule has 0 bridgehead atoms. The number of hydrogen-bond acceptors (Lipinski definition) is 6. The lowest BCUT2D eigenvalue weighted by Gasteiger charge is -2.16. The number of methoxy groups -OCH3 is 3. The Hall–Kier alpha value is -2.28. The van der Waals surface area contributed by atoms with E-state index in [4.69, 9.17) is 9.47 Å². The second kappa shape index (κ2) is 8.89. The van der Waals surface area contributed by atoms with Gasteiger partial charge in [-0.15, -0.1) is 0 Å². The van der Waals surface area contributed by atoms with Crippen molar-refractivity contribution < 1.29 is 23.8 Å². The molecule has 0 aliphatic carbocycles. The normalized spacial score (nSPS) is 10.2. The number of hydrogen-bond donors (Lipinski definition) is 1. The quantitative estimate of drug-likeness (QED) is 0.811. The van der Waals surface area contributed by atoms with Crippen LogP contribution in [0.2, 0.25) is 0 Å². The molecule has 0 saturated carbocycles. The second-order valence-corrected chi connectivity index (χ2v) is 4.72. The smallest absolute Gasteiger partial charge is 0.413 e. The molecule has 0 fully saturated rings. The highest BCUT2D eigenvalue weighted by Gasteiger charge is 2.11. The molecule has 0 heterocycles. The molecule has 0 aliphatic heterocycles. The molecule has 7 nitrogen and oxygen atoms in total. The Morgan fingerprint density at radius 3 is 2.41 bits per heavy atom. The van der Waals surface area contributed by atoms with E-state index in [1.54, 1.807) is 21.3 Å². The van der Waals surface area contributed by atoms with Crippen LogP contribution in [0.4, 0.5) is 4.79 Å². The van der Waals surface area contributed by atoms with Gasteiger partial charge in [0.25, 0.3) is 0 Å². The van der Waals surface area contributed by atoms with Gasteiger partial charge in [0, 0.05) is 6.54 Å². The molecule has 0 spiro atoms. The van der Waals surface area contributed by atoms with Crippen molar-refractivity contribution in [2.45, 2.75) is 6.42 Å². The third kappa shape index (κ3) is 5.61. The zero-order valence-electron chi connectivity index (χ0n) is 13.3. The standard InChI is InChI=1S/C15H22N2O5/c1-17(10-14(18)16-15(19)22-4)8-7-11-5-6-12(20-2)13(9-11)21-3/h5-6,9H,7-8,10H2,1-4H3,(H,16,18,19). The Morgan fingerprint density at radius 2 is 1.82 bits per heavy atom. The van der Waals surface area contributed by atoms with Crippen LogP contribution >= 0.6 is 0 Å². The van der Waals surface area contributed by atoms with Crippen LogP contribution in [0.5, 0.6) is 11.5 Å². The molecular weight excluding hydrogens is 288 g/mol. The van der Waals surface area contributed by atoms with Crippen molar-refractivity contribution in [2.75, 3.05) is 41.5 Å². The van der Waals surface area contributed by atoms with Crippen LogP contribution in [0.15, 0.2) is 18.2 Å². The van der Waals surface area contributed by atoms with Gasteiger partial charge in [0.1, 0.15) is 0 Å². The van der Waals surface area contributed by atoms with E-state index in [-0.39, 0.29) is 6.54 Å². The van der Waals surface area contributed by atoms with E-state index in [1.807, 2.05) is 23.1 Å². The zero-order chi connectivity index (χ0) is 16.5. The van der Waals surface area contributed by atoms with Gasteiger partial charge in [-0.1, -0.05) is 6.07 Å². The molecule has 1 aromatic rings. The van der Waals surface area contributed by atoms with E-state index in [0.29, 0.717) is 18.0 Å². The maximum absolute atomic E-state index is 11.5. The number of nitrogens with one attached hydrogen (secondary N) is 1. The number of alkyl carbamates (subject to hydrolysis) is 1. The Balaban J connectivity index is 2.48. The minimum atomic E-state index is -0.752. The van der Waals surface area contributed by atoms with Crippen LogP contribution < -0.4 is 14.8 Å². The number of likely N-dealkylation sites (N-methyl/N-ethyl adjacent to an activating group) is 1. The molecule has 1 N–H and O–H groups in total. The minimum Gasteiger partial charge on any atom is -0.493 e. The van der Waals surface area contributed by atoms with Crippen molar-refractivity contribution >= 4 is 12.0 Å². The van der Waals surface area contributed by atoms with Gasteiger partial charge >= 0.3 is 6.09 Å². The molecule has 2 amide bonds. The molecule has 0 unspecified atom stereocenters. The van der Waals surface area contributed by atoms with E-state index < -0.39 is 12.0 Å². The highest BCUT2D eigenvalue weighted by Crippen LogP contribution is 2.27. The molecule has 0 aromatic heterocycles. The average molecular weight is 310 g/mol. The molecule has 0 atom stereocenters. The summed E-state index contributed by atoms with van der Waals surface area (Å²) in [6.45, 7) is 0.770. The van der Waals surface area contributed by atoms with Gasteiger partial charge in [0.05, 0.1) is 27.9 Å². The highest BCUT2D eigenvalue weighted by atomic mass is 16.5. The molecule has 0 saturated heterocycles. The van der Waals surface area contributed by atoms with E-state index in [1.165, 1.54) is 7.11 Å². The van der Waals surface area contributed by atoms with Gasteiger partial charge in [0.15, 0.2) is 11.5 Å². The van der Waals surface area contributed by atoms with Crippen LogP contribution in [0.1, 0.15) is 5.56 Å². The maximum atomic E-state index is 11.5. The summed E-state index contributed by atoms with van der Waals surface area (Å²) in [7, 11) is 6.19. The molecule has 7 heteroatoms. The first-order valence-electron chi connectivity index (χ1n) is 6.77. The Bertz CT molecular complexity index is 519. The van der Waals surface area contributed by atoms with Crippen molar-refractivity contribution in [1.29, 1.82) is 0 Å². The van der Waals surface area contributed by atoms with Gasteiger partial charge < -0.3 is 14.2 Å². The predicted molar refractivity (Wildman–Crippen MR) is 81.3 cm³/mol. The lowest BCUT2D eigenvalue weighted by molar-refractivity contribution is -0.121. The van der Waals surface area contributed by atoms with Gasteiger partial charge in [-0.05, 0) is 31.2 Å². The lowest BCUT2D eigenvalue weighted by atomic mass is 10.1. The molecule has 22 heavy (non-hydrogen) atoms. The van der Waals surface area contributed by atoms with Crippen molar-refractivity contribution in [2.24, 2.45) is 0 Å². The summed E-state index contributed by atoms with van der Waals surface area (Å²) in [6.07, 6.45) is -0.0131. The van der Waals surface area contributed by atoms with Crippen molar-refractivity contribution in [3.05, 3.63) is 23.8 Å². The average Bonchev–Trinajstić information content (AvgIpc) is 2.52. The van der Waals surface area contributed by atoms with Crippen LogP contribution in [-0.2, 0) is 16.0 Å². The van der Waals surface area contributed by atoms with Crippen LogP contribution in [0.3, 0.4) is 0 Å². The highest BCUT2D eigenvalue weighted by molar-refractivity contribution is 5.92. The van der Waals surface area contributed by atoms with Crippen LogP contribution in [0.25, 0.3) is 0 Å². The van der Waals surface area contributed by atoms with Gasteiger partial charge in [-0.25, -0.2) is 4.79 Å². The molecule has 1 aromatic carbocycles. The summed E-state index contributed by atoms with van der Waals surface area (Å²) in [4.78, 5) is 24.3. The number of carbonyl (C=O) groups excluding carboxylic acids is 2. The van der Waals surface area contributed by atoms with E-state index in [2.05, 4.69) is 10.1 Å². The summed E-state index contributed by atoms with van der Waals surface area (Å²) >= 11 is 0. The summed E-state index contributed by atoms with van der Waals surface area (Å²) in [5.74, 6) is 0.949. The predicted octanol–water partition coefficient (Wildman–Crippen LogP) is 1.06. The number of amides is 2. The first-order chi connectivity index (χ1) is 10.5. The SMILES string of the molecule is COC(=O)NC(=O)CN(C)CCc1ccc(OC)c(OC)c1. The zero-order valence-corrected chi connectivity index (χ0v) is 13.3. The summed E-state index contributed by atoms with van der Waals surface area (Å²) in [5, 5.41) is 2.11. The molecule has 1 rings (SSSR count). The van der Waals surface area contributed by atoms with Crippen molar-refractivity contribution in [3.63, 3.8) is 0 Å². The lowest BCUT2D eigenvalue weighted by Crippen LogP contribution is -2.39. The molecule has 0 radical (unpaired) electrons. The molecular formula is C15H22N2O5. The monoisotopic (exact) mass is 310 g/mol. The van der Waals surface area contributed by atoms with Crippen LogP contribution in [0, 0.1) is 0 Å². The largest absolute Gasteiger partial charge is 0.493 e. The van der Waals surface area contributed by atoms with E-state index in [0.717, 1.165) is 12.0 Å². The summed E-state index contributed by atoms with van der Waals surface area (Å²) in [5.41, 5.74) is 1.07. The topological polar surface area (TPSA) is 77.1 Å². The van der Waals surface area contributed by atoms with Gasteiger partial charge in [0.2, 0.25) is 5.91 Å². The Kier molecular flexibility index (Phi) is 7.18. The number of nitrogens with zero attached hydrogens (tertiary/aromatic N) is 1. The van der Waals surface area contributed by atoms with E-state index >= 15 is 0 Å². The number of benzene rings is 1. The molecule has 122 valence electrons. The van der Waals surface area contributed by atoms with Gasteiger partial charge in [-0.3, -0.25) is 15.0 Å². The summed E-state index contributed by atoms with van der Waals surface area (Å²) < 4.78 is 14.8. The first kappa shape index (κ1) is 17.8. The number of ether oxygens (including phenoxy) is 3. The Morgan fingerprint density at radius 1 is 1.14 bits per heavy atom. The van der Waals surface area contributed by atoms with E-state index in [9.17, 15) is 9.59 Å². The summed E-state index contributed by atoms with van der Waals surface area (Å²) in [6, 6.07) is 5.70. The van der Waals surface area contributed by atoms with Crippen LogP contribution in [-0.4, -0.2) is 58.4 Å². The van der Waals surface area contributed by atoms with Crippen molar-refractivity contribution in [3.8, 4) is 11.5 Å². The number of rotatable bonds is 7. The van der Waals surface area contributed by atoms with Gasteiger partial charge in [-0.2, -0.15) is 0 Å². The minimum absolute atomic E-state index is 0.113. The fourth-order valence-electron chi connectivity index (χ4n) is 1.88. The Labute approximate surface area is 130 Å². The third-order valence-corrected chi connectivity index (χ3v) is 3.07. The maximum Gasteiger partial charge on any atom is 0.413 e. The number of carbonyl (C=O) groups is 2.